The lowest BCUT2D eigenvalue weighted by Crippen LogP contribution is -2.27. The molecule has 0 fully saturated rings. The Hall–Kier alpha value is -3.32. The number of hydrogen-bond acceptors (Lipinski definition) is 8. The van der Waals surface area contributed by atoms with Gasteiger partial charge < -0.3 is 14.8 Å². The van der Waals surface area contributed by atoms with Gasteiger partial charge in [0.15, 0.2) is 15.8 Å². The molecular weight excluding hydrogens is 505 g/mol. The lowest BCUT2D eigenvalue weighted by molar-refractivity contribution is -0.137. The van der Waals surface area contributed by atoms with E-state index >= 15 is 0 Å². The van der Waals surface area contributed by atoms with E-state index in [1.807, 2.05) is 12.1 Å². The van der Waals surface area contributed by atoms with Gasteiger partial charge in [0.1, 0.15) is 0 Å². The van der Waals surface area contributed by atoms with E-state index in [2.05, 4.69) is 20.8 Å². The number of aromatic nitrogens is 2. The Bertz CT molecular complexity index is 1190. The number of nitrogens with one attached hydrogen (secondary N) is 2. The second-order valence-electron chi connectivity index (χ2n) is 6.98. The first kappa shape index (κ1) is 26.3. The Morgan fingerprint density at radius 1 is 1.06 bits per heavy atom. The highest BCUT2D eigenvalue weighted by molar-refractivity contribution is 8.01. The molecule has 0 spiro atoms. The summed E-state index contributed by atoms with van der Waals surface area (Å²) >= 11 is 2.15. The van der Waals surface area contributed by atoms with E-state index in [4.69, 9.17) is 9.47 Å². The number of anilines is 1. The molecule has 0 unspecified atom stereocenters. The molecule has 0 radical (unpaired) electrons. The number of halogens is 3. The van der Waals surface area contributed by atoms with Gasteiger partial charge in [-0.2, -0.15) is 13.2 Å². The van der Waals surface area contributed by atoms with Gasteiger partial charge in [-0.3, -0.25) is 14.9 Å². The van der Waals surface area contributed by atoms with Crippen molar-refractivity contribution in [2.45, 2.75) is 16.9 Å². The maximum atomic E-state index is 12.8. The van der Waals surface area contributed by atoms with Crippen molar-refractivity contribution in [3.63, 3.8) is 0 Å². The van der Waals surface area contributed by atoms with Crippen LogP contribution in [0.1, 0.15) is 21.5 Å². The molecule has 0 aliphatic heterocycles. The lowest BCUT2D eigenvalue weighted by atomic mass is 10.1. The third kappa shape index (κ3) is 7.59. The van der Waals surface area contributed by atoms with Gasteiger partial charge >= 0.3 is 6.18 Å². The number of carbonyl (C=O) groups excluding carboxylic acids is 2. The van der Waals surface area contributed by atoms with Gasteiger partial charge in [0.25, 0.3) is 5.91 Å². The number of benzene rings is 2. The van der Waals surface area contributed by atoms with Gasteiger partial charge in [0.05, 0.1) is 25.5 Å². The van der Waals surface area contributed by atoms with Crippen molar-refractivity contribution in [2.24, 2.45) is 0 Å². The fourth-order valence-electron chi connectivity index (χ4n) is 2.89. The summed E-state index contributed by atoms with van der Waals surface area (Å²) in [5.74, 6) is 0.373. The fraction of sp³-hybridized carbons (Fsp3) is 0.273. The second-order valence-corrected chi connectivity index (χ2v) is 9.18. The van der Waals surface area contributed by atoms with E-state index in [0.717, 1.165) is 46.9 Å². The zero-order valence-electron chi connectivity index (χ0n) is 18.6. The summed E-state index contributed by atoms with van der Waals surface area (Å²) in [5, 5.41) is 13.0. The van der Waals surface area contributed by atoms with Crippen molar-refractivity contribution in [3.05, 3.63) is 59.2 Å². The first-order chi connectivity index (χ1) is 16.7. The van der Waals surface area contributed by atoms with Gasteiger partial charge in [0.2, 0.25) is 11.0 Å². The predicted molar refractivity (Wildman–Crippen MR) is 126 cm³/mol. The van der Waals surface area contributed by atoms with Crippen LogP contribution >= 0.6 is 23.1 Å². The van der Waals surface area contributed by atoms with Crippen molar-refractivity contribution in [2.75, 3.05) is 31.8 Å². The number of methoxy groups -OCH3 is 2. The number of ether oxygens (including phenoxy) is 2. The van der Waals surface area contributed by atoms with Crippen LogP contribution in [-0.4, -0.2) is 48.5 Å². The third-order valence-corrected chi connectivity index (χ3v) is 6.56. The summed E-state index contributed by atoms with van der Waals surface area (Å²) < 4.78 is 49.4. The highest BCUT2D eigenvalue weighted by atomic mass is 32.2. The number of rotatable bonds is 10. The summed E-state index contributed by atoms with van der Waals surface area (Å²) in [5.41, 5.74) is -0.102. The monoisotopic (exact) mass is 526 g/mol. The zero-order valence-corrected chi connectivity index (χ0v) is 20.3. The molecule has 0 aliphatic rings. The molecule has 0 saturated carbocycles. The van der Waals surface area contributed by atoms with Crippen molar-refractivity contribution in [3.8, 4) is 11.5 Å². The van der Waals surface area contributed by atoms with Gasteiger partial charge in [-0.25, -0.2) is 0 Å². The molecule has 1 heterocycles. The Balaban J connectivity index is 1.45. The molecule has 13 heteroatoms. The molecule has 0 atom stereocenters. The average molecular weight is 527 g/mol. The maximum Gasteiger partial charge on any atom is 0.416 e. The number of nitrogens with zero attached hydrogens (tertiary/aromatic N) is 2. The lowest BCUT2D eigenvalue weighted by Gasteiger charge is -2.10. The quantitative estimate of drug-likeness (QED) is 0.300. The van der Waals surface area contributed by atoms with Crippen LogP contribution in [0.25, 0.3) is 0 Å². The third-order valence-electron chi connectivity index (χ3n) is 4.59. The first-order valence-electron chi connectivity index (χ1n) is 10.1. The molecule has 0 aliphatic carbocycles. The number of alkyl halides is 3. The summed E-state index contributed by atoms with van der Waals surface area (Å²) in [6, 6.07) is 9.60. The van der Waals surface area contributed by atoms with Crippen molar-refractivity contribution in [1.29, 1.82) is 0 Å². The Morgan fingerprint density at radius 3 is 2.54 bits per heavy atom. The summed E-state index contributed by atoms with van der Waals surface area (Å²) in [6.45, 7) is 0.420. The molecule has 0 saturated heterocycles. The molecule has 35 heavy (non-hydrogen) atoms. The molecule has 2 aromatic carbocycles. The molecule has 3 aromatic rings. The normalized spacial score (nSPS) is 11.1. The minimum atomic E-state index is -4.55. The molecule has 1 aromatic heterocycles. The maximum absolute atomic E-state index is 12.8. The van der Waals surface area contributed by atoms with E-state index < -0.39 is 17.6 Å². The number of amides is 2. The van der Waals surface area contributed by atoms with Gasteiger partial charge in [-0.1, -0.05) is 35.2 Å². The molecule has 2 N–H and O–H groups in total. The first-order valence-corrected chi connectivity index (χ1v) is 11.9. The Labute approximate surface area is 207 Å². The highest BCUT2D eigenvalue weighted by Gasteiger charge is 2.31. The Kier molecular flexibility index (Phi) is 8.93. The van der Waals surface area contributed by atoms with Crippen LogP contribution in [0.15, 0.2) is 46.8 Å². The fourth-order valence-corrected chi connectivity index (χ4v) is 4.46. The minimum absolute atomic E-state index is 0.0855. The predicted octanol–water partition coefficient (Wildman–Crippen LogP) is 4.28. The summed E-state index contributed by atoms with van der Waals surface area (Å²) in [6.07, 6.45) is -3.95. The average Bonchev–Trinajstić information content (AvgIpc) is 3.29. The highest BCUT2D eigenvalue weighted by Crippen LogP contribution is 2.30. The summed E-state index contributed by atoms with van der Waals surface area (Å²) in [4.78, 5) is 24.4. The number of hydrogen-bond donors (Lipinski definition) is 2. The largest absolute Gasteiger partial charge is 0.493 e. The summed E-state index contributed by atoms with van der Waals surface area (Å²) in [7, 11) is 3.11. The smallest absolute Gasteiger partial charge is 0.416 e. The molecule has 8 nitrogen and oxygen atoms in total. The molecule has 186 valence electrons. The van der Waals surface area contributed by atoms with Crippen LogP contribution in [-0.2, 0) is 17.4 Å². The van der Waals surface area contributed by atoms with E-state index in [1.54, 1.807) is 20.3 Å². The SMILES string of the molecule is COc1ccc(CCNC(=O)CSc2nnc(NC(=O)c3cccc(C(F)(F)F)c3)s2)cc1OC. The van der Waals surface area contributed by atoms with Crippen LogP contribution in [0.5, 0.6) is 11.5 Å². The standard InChI is InChI=1S/C22H21F3N4O4S2/c1-32-16-7-6-13(10-17(16)33-2)8-9-26-18(30)12-34-21-29-28-20(35-21)27-19(31)14-4-3-5-15(11-14)22(23,24)25/h3-7,10-11H,8-9,12H2,1-2H3,(H,26,30)(H,27,28,31). The Morgan fingerprint density at radius 2 is 1.83 bits per heavy atom. The van der Waals surface area contributed by atoms with Crippen molar-refractivity contribution < 1.29 is 32.2 Å². The van der Waals surface area contributed by atoms with Crippen LogP contribution in [0.2, 0.25) is 0 Å². The van der Waals surface area contributed by atoms with Gasteiger partial charge in [-0.15, -0.1) is 10.2 Å². The van der Waals surface area contributed by atoms with Gasteiger partial charge in [-0.05, 0) is 42.3 Å². The molecular formula is C22H21F3N4O4S2. The van der Waals surface area contributed by atoms with Crippen LogP contribution in [0.3, 0.4) is 0 Å². The van der Waals surface area contributed by atoms with E-state index in [9.17, 15) is 22.8 Å². The zero-order chi connectivity index (χ0) is 25.4. The van der Waals surface area contributed by atoms with Crippen molar-refractivity contribution >= 4 is 40.0 Å². The second kappa shape index (κ2) is 11.9. The van der Waals surface area contributed by atoms with E-state index in [-0.39, 0.29) is 22.4 Å². The van der Waals surface area contributed by atoms with E-state index in [1.165, 1.54) is 6.07 Å². The number of carbonyl (C=O) groups is 2. The van der Waals surface area contributed by atoms with Crippen LogP contribution < -0.4 is 20.1 Å². The molecule has 2 amide bonds. The van der Waals surface area contributed by atoms with Crippen molar-refractivity contribution in [1.82, 2.24) is 15.5 Å². The number of thioether (sulfide) groups is 1. The van der Waals surface area contributed by atoms with Crippen LogP contribution in [0.4, 0.5) is 18.3 Å². The molecule has 3 rings (SSSR count). The molecule has 0 bridgehead atoms. The van der Waals surface area contributed by atoms with E-state index in [0.29, 0.717) is 28.8 Å². The van der Waals surface area contributed by atoms with Gasteiger partial charge in [0, 0.05) is 12.1 Å². The topological polar surface area (TPSA) is 102 Å². The minimum Gasteiger partial charge on any atom is -0.493 e. The van der Waals surface area contributed by atoms with Crippen LogP contribution in [0, 0.1) is 0 Å².